The van der Waals surface area contributed by atoms with Gasteiger partial charge in [0.05, 0.1) is 0 Å². The summed E-state index contributed by atoms with van der Waals surface area (Å²) in [5.41, 5.74) is 8.21. The molecule has 0 amide bonds. The predicted molar refractivity (Wildman–Crippen MR) is 108 cm³/mol. The molecule has 31 heavy (non-hydrogen) atoms. The van der Waals surface area contributed by atoms with E-state index in [1.54, 1.807) is 16.5 Å². The van der Waals surface area contributed by atoms with Crippen LogP contribution in [0.3, 0.4) is 0 Å². The van der Waals surface area contributed by atoms with Gasteiger partial charge in [0.2, 0.25) is 0 Å². The van der Waals surface area contributed by atoms with Crippen molar-refractivity contribution in [1.82, 2.24) is 24.5 Å². The van der Waals surface area contributed by atoms with Crippen molar-refractivity contribution < 1.29 is 17.9 Å². The lowest BCUT2D eigenvalue weighted by Gasteiger charge is -2.15. The van der Waals surface area contributed by atoms with Crippen LogP contribution in [0, 0.1) is 5.82 Å². The molecule has 1 aromatic carbocycles. The highest BCUT2D eigenvalue weighted by Gasteiger charge is 2.20. The molecular weight excluding hydrogens is 409 g/mol. The molecule has 1 aliphatic heterocycles. The van der Waals surface area contributed by atoms with Crippen LogP contribution in [-0.4, -0.2) is 50.2 Å². The first-order chi connectivity index (χ1) is 15.0. The number of hydrogen-bond acceptors (Lipinski definition) is 6. The Hall–Kier alpha value is -3.24. The molecule has 1 atom stereocenters. The highest BCUT2D eigenvalue weighted by molar-refractivity contribution is 5.86. The van der Waals surface area contributed by atoms with E-state index in [1.165, 1.54) is 6.07 Å². The molecule has 1 saturated heterocycles. The van der Waals surface area contributed by atoms with Gasteiger partial charge >= 0.3 is 6.61 Å². The number of ether oxygens (including phenoxy) is 1. The van der Waals surface area contributed by atoms with Crippen molar-refractivity contribution >= 4 is 16.6 Å². The Balaban J connectivity index is 1.55. The molecular formula is C21H19F3N6O. The Labute approximate surface area is 175 Å². The van der Waals surface area contributed by atoms with Crippen molar-refractivity contribution in [2.24, 2.45) is 5.73 Å². The minimum absolute atomic E-state index is 0.123. The van der Waals surface area contributed by atoms with Gasteiger partial charge in [0.15, 0.2) is 17.2 Å². The van der Waals surface area contributed by atoms with Crippen LogP contribution in [-0.2, 0) is 6.54 Å². The Morgan fingerprint density at radius 1 is 1.16 bits per heavy atom. The summed E-state index contributed by atoms with van der Waals surface area (Å²) < 4.78 is 45.6. The molecule has 5 rings (SSSR count). The van der Waals surface area contributed by atoms with Crippen LogP contribution in [0.5, 0.6) is 5.75 Å². The van der Waals surface area contributed by atoms with Crippen LogP contribution >= 0.6 is 0 Å². The van der Waals surface area contributed by atoms with Gasteiger partial charge in [0, 0.05) is 43.3 Å². The standard InChI is InChI=1S/C21H19F3N6O/c22-14-7-13-2-3-16(26-19(13)17(8-14)31-21(23)24)20-28-27-18-4-1-12(10-30(18)20)9-29-6-5-15(25)11-29/h1-4,7-8,10,15,21H,5-6,9,11,25H2. The lowest BCUT2D eigenvalue weighted by molar-refractivity contribution is -0.0490. The fraction of sp³-hybridized carbons (Fsp3) is 0.286. The van der Waals surface area contributed by atoms with E-state index in [1.807, 2.05) is 18.3 Å². The van der Waals surface area contributed by atoms with Crippen LogP contribution < -0.4 is 10.5 Å². The van der Waals surface area contributed by atoms with Gasteiger partial charge in [-0.3, -0.25) is 9.30 Å². The van der Waals surface area contributed by atoms with E-state index in [4.69, 9.17) is 5.73 Å². The van der Waals surface area contributed by atoms with Crippen LogP contribution in [0.1, 0.15) is 12.0 Å². The molecule has 0 radical (unpaired) electrons. The topological polar surface area (TPSA) is 81.6 Å². The number of fused-ring (bicyclic) bond motifs is 2. The molecule has 0 spiro atoms. The number of alkyl halides is 2. The maximum absolute atomic E-state index is 13.8. The van der Waals surface area contributed by atoms with Gasteiger partial charge in [0.25, 0.3) is 0 Å². The summed E-state index contributed by atoms with van der Waals surface area (Å²) in [6, 6.07) is 9.40. The maximum Gasteiger partial charge on any atom is 0.387 e. The van der Waals surface area contributed by atoms with Crippen molar-refractivity contribution in [2.75, 3.05) is 13.1 Å². The summed E-state index contributed by atoms with van der Waals surface area (Å²) in [5, 5.41) is 8.74. The van der Waals surface area contributed by atoms with E-state index in [0.29, 0.717) is 22.6 Å². The monoisotopic (exact) mass is 428 g/mol. The Kier molecular flexibility index (Phi) is 4.95. The first-order valence-electron chi connectivity index (χ1n) is 9.83. The van der Waals surface area contributed by atoms with E-state index >= 15 is 0 Å². The quantitative estimate of drug-likeness (QED) is 0.526. The molecule has 7 nitrogen and oxygen atoms in total. The second-order valence-corrected chi connectivity index (χ2v) is 7.62. The first-order valence-corrected chi connectivity index (χ1v) is 9.83. The van der Waals surface area contributed by atoms with Gasteiger partial charge in [-0.05, 0) is 30.2 Å². The number of nitrogens with two attached hydrogens (primary N) is 1. The average Bonchev–Trinajstić information content (AvgIpc) is 3.33. The van der Waals surface area contributed by atoms with Gasteiger partial charge in [-0.25, -0.2) is 9.37 Å². The molecule has 0 saturated carbocycles. The summed E-state index contributed by atoms with van der Waals surface area (Å²) in [7, 11) is 0. The smallest absolute Gasteiger partial charge is 0.387 e. The number of pyridine rings is 2. The van der Waals surface area contributed by atoms with E-state index in [2.05, 4.69) is 24.8 Å². The van der Waals surface area contributed by atoms with E-state index in [0.717, 1.165) is 37.7 Å². The largest absolute Gasteiger partial charge is 0.432 e. The Morgan fingerprint density at radius 2 is 2.03 bits per heavy atom. The van der Waals surface area contributed by atoms with Crippen LogP contribution in [0.15, 0.2) is 42.6 Å². The number of benzene rings is 1. The van der Waals surface area contributed by atoms with Crippen LogP contribution in [0.2, 0.25) is 0 Å². The maximum atomic E-state index is 13.8. The highest BCUT2D eigenvalue weighted by atomic mass is 19.3. The molecule has 160 valence electrons. The van der Waals surface area contributed by atoms with Crippen molar-refractivity contribution in [3.8, 4) is 17.3 Å². The minimum Gasteiger partial charge on any atom is -0.432 e. The molecule has 10 heteroatoms. The van der Waals surface area contributed by atoms with Gasteiger partial charge in [0.1, 0.15) is 17.0 Å². The van der Waals surface area contributed by atoms with Gasteiger partial charge in [-0.15, -0.1) is 10.2 Å². The van der Waals surface area contributed by atoms with Crippen molar-refractivity contribution in [3.05, 3.63) is 54.0 Å². The molecule has 4 heterocycles. The zero-order valence-electron chi connectivity index (χ0n) is 16.4. The zero-order chi connectivity index (χ0) is 21.5. The summed E-state index contributed by atoms with van der Waals surface area (Å²) >= 11 is 0. The molecule has 3 aromatic heterocycles. The summed E-state index contributed by atoms with van der Waals surface area (Å²) in [6.07, 6.45) is 2.91. The third kappa shape index (κ3) is 3.91. The zero-order valence-corrected chi connectivity index (χ0v) is 16.4. The fourth-order valence-corrected chi connectivity index (χ4v) is 3.95. The summed E-state index contributed by atoms with van der Waals surface area (Å²) in [5.74, 6) is -0.562. The predicted octanol–water partition coefficient (Wildman–Crippen LogP) is 3.22. The molecule has 2 N–H and O–H groups in total. The number of halogens is 3. The lowest BCUT2D eigenvalue weighted by Crippen LogP contribution is -2.26. The first kappa shape index (κ1) is 19.7. The summed E-state index contributed by atoms with van der Waals surface area (Å²) in [6.45, 7) is -0.546. The molecule has 1 aliphatic rings. The summed E-state index contributed by atoms with van der Waals surface area (Å²) in [4.78, 5) is 6.71. The molecule has 1 fully saturated rings. The molecule has 4 aromatic rings. The van der Waals surface area contributed by atoms with E-state index in [9.17, 15) is 13.2 Å². The minimum atomic E-state index is -3.09. The number of hydrogen-bond donors (Lipinski definition) is 1. The third-order valence-electron chi connectivity index (χ3n) is 5.35. The lowest BCUT2D eigenvalue weighted by atomic mass is 10.1. The van der Waals surface area contributed by atoms with Crippen molar-refractivity contribution in [1.29, 1.82) is 0 Å². The molecule has 0 bridgehead atoms. The van der Waals surface area contributed by atoms with Gasteiger partial charge in [-0.2, -0.15) is 8.78 Å². The van der Waals surface area contributed by atoms with Gasteiger partial charge < -0.3 is 10.5 Å². The number of nitrogens with zero attached hydrogens (tertiary/aromatic N) is 5. The highest BCUT2D eigenvalue weighted by Crippen LogP contribution is 2.29. The van der Waals surface area contributed by atoms with Crippen molar-refractivity contribution in [3.63, 3.8) is 0 Å². The number of aromatic nitrogens is 4. The average molecular weight is 428 g/mol. The Bertz CT molecular complexity index is 1260. The van der Waals surface area contributed by atoms with E-state index < -0.39 is 12.4 Å². The molecule has 1 unspecified atom stereocenters. The fourth-order valence-electron chi connectivity index (χ4n) is 3.95. The normalized spacial score (nSPS) is 17.3. The second-order valence-electron chi connectivity index (χ2n) is 7.62. The Morgan fingerprint density at radius 3 is 2.81 bits per heavy atom. The van der Waals surface area contributed by atoms with E-state index in [-0.39, 0.29) is 17.3 Å². The third-order valence-corrected chi connectivity index (χ3v) is 5.35. The molecule has 0 aliphatic carbocycles. The SMILES string of the molecule is NC1CCN(Cc2ccc3nnc(-c4ccc5cc(F)cc(OC(F)F)c5n4)n3c2)C1. The number of rotatable bonds is 5. The van der Waals surface area contributed by atoms with Gasteiger partial charge in [-0.1, -0.05) is 12.1 Å². The van der Waals surface area contributed by atoms with Crippen molar-refractivity contribution in [2.45, 2.75) is 25.6 Å². The van der Waals surface area contributed by atoms with Crippen LogP contribution in [0.25, 0.3) is 28.1 Å². The van der Waals surface area contributed by atoms with Crippen LogP contribution in [0.4, 0.5) is 13.2 Å². The second kappa shape index (κ2) is 7.78. The number of likely N-dealkylation sites (tertiary alicyclic amines) is 1.